The fourth-order valence-corrected chi connectivity index (χ4v) is 9.15. The number of ether oxygens (including phenoxy) is 1. The minimum Gasteiger partial charge on any atom is -0.456 e. The number of nitrogens with zero attached hydrogens (tertiary/aromatic N) is 2. The Balaban J connectivity index is 1.13. The van der Waals surface area contributed by atoms with Gasteiger partial charge in [-0.2, -0.15) is 0 Å². The van der Waals surface area contributed by atoms with E-state index in [9.17, 15) is 4.91 Å². The Kier molecular flexibility index (Phi) is 7.51. The van der Waals surface area contributed by atoms with Crippen molar-refractivity contribution in [3.63, 3.8) is 0 Å². The van der Waals surface area contributed by atoms with Crippen molar-refractivity contribution in [3.8, 4) is 44.9 Å². The highest BCUT2D eigenvalue weighted by atomic mass is 16.5. The van der Waals surface area contributed by atoms with Crippen molar-refractivity contribution in [3.05, 3.63) is 233 Å². The zero-order chi connectivity index (χ0) is 37.9. The summed E-state index contributed by atoms with van der Waals surface area (Å²) in [7, 11) is 0. The lowest BCUT2D eigenvalue weighted by atomic mass is 9.65. The largest absolute Gasteiger partial charge is 0.456 e. The fraction of sp³-hybridized carbons (Fsp3) is 0.0189. The van der Waals surface area contributed by atoms with Crippen molar-refractivity contribution >= 4 is 33.5 Å². The minimum absolute atomic E-state index is 0.417. The first kappa shape index (κ1) is 32.8. The van der Waals surface area contributed by atoms with Crippen LogP contribution in [0.15, 0.2) is 211 Å². The molecule has 57 heavy (non-hydrogen) atoms. The molecule has 2 aliphatic rings. The summed E-state index contributed by atoms with van der Waals surface area (Å²) in [6, 6.07) is 72.8. The van der Waals surface area contributed by atoms with Crippen LogP contribution < -0.4 is 9.64 Å². The van der Waals surface area contributed by atoms with Crippen LogP contribution in [-0.2, 0) is 5.41 Å². The van der Waals surface area contributed by atoms with Crippen LogP contribution in [0.25, 0.3) is 44.2 Å². The molecule has 4 heteroatoms. The van der Waals surface area contributed by atoms with Gasteiger partial charge in [0.1, 0.15) is 17.2 Å². The van der Waals surface area contributed by atoms with Crippen molar-refractivity contribution in [1.82, 2.24) is 0 Å². The van der Waals surface area contributed by atoms with Crippen LogP contribution in [-0.4, -0.2) is 0 Å². The molecule has 268 valence electrons. The van der Waals surface area contributed by atoms with E-state index in [-0.39, 0.29) is 0 Å². The molecule has 1 aliphatic carbocycles. The first-order valence-electron chi connectivity index (χ1n) is 19.2. The van der Waals surface area contributed by atoms with Gasteiger partial charge in [0.15, 0.2) is 0 Å². The van der Waals surface area contributed by atoms with Crippen LogP contribution in [0, 0.1) is 4.91 Å². The van der Waals surface area contributed by atoms with Crippen LogP contribution in [0.5, 0.6) is 11.5 Å². The van der Waals surface area contributed by atoms with E-state index in [2.05, 4.69) is 186 Å². The predicted molar refractivity (Wildman–Crippen MR) is 232 cm³/mol. The average molecular weight is 731 g/mol. The van der Waals surface area contributed by atoms with Crippen molar-refractivity contribution in [2.75, 3.05) is 4.90 Å². The summed E-state index contributed by atoms with van der Waals surface area (Å²) in [5, 5.41) is 5.33. The molecular weight excluding hydrogens is 697 g/mol. The van der Waals surface area contributed by atoms with Crippen LogP contribution in [0.3, 0.4) is 0 Å². The molecule has 0 fully saturated rings. The number of nitroso groups, excluding NO2 is 1. The van der Waals surface area contributed by atoms with Crippen molar-refractivity contribution in [2.45, 2.75) is 5.41 Å². The second-order valence-electron chi connectivity index (χ2n) is 14.7. The first-order valence-corrected chi connectivity index (χ1v) is 19.2. The Morgan fingerprint density at radius 2 is 0.982 bits per heavy atom. The molecule has 9 aromatic rings. The van der Waals surface area contributed by atoms with Gasteiger partial charge < -0.3 is 9.64 Å². The topological polar surface area (TPSA) is 41.9 Å². The van der Waals surface area contributed by atoms with Gasteiger partial charge >= 0.3 is 0 Å². The van der Waals surface area contributed by atoms with Gasteiger partial charge in [0.05, 0.1) is 5.41 Å². The quantitative estimate of drug-likeness (QED) is 0.160. The summed E-state index contributed by atoms with van der Waals surface area (Å²) < 4.78 is 6.90. The second-order valence-corrected chi connectivity index (χ2v) is 14.7. The summed E-state index contributed by atoms with van der Waals surface area (Å²) in [6.45, 7) is 0. The fourth-order valence-electron chi connectivity index (χ4n) is 9.15. The van der Waals surface area contributed by atoms with Gasteiger partial charge in [-0.05, 0) is 110 Å². The van der Waals surface area contributed by atoms with Crippen molar-refractivity contribution < 1.29 is 4.74 Å². The summed E-state index contributed by atoms with van der Waals surface area (Å²) in [6.07, 6.45) is 0. The Morgan fingerprint density at radius 1 is 0.421 bits per heavy atom. The average Bonchev–Trinajstić information content (AvgIpc) is 3.57. The Morgan fingerprint density at radius 3 is 1.70 bits per heavy atom. The summed E-state index contributed by atoms with van der Waals surface area (Å²) >= 11 is 0. The number of hydrogen-bond acceptors (Lipinski definition) is 4. The van der Waals surface area contributed by atoms with E-state index < -0.39 is 5.41 Å². The highest BCUT2D eigenvalue weighted by Crippen LogP contribution is 2.63. The molecule has 0 aromatic heterocycles. The molecule has 0 N–H and O–H groups in total. The van der Waals surface area contributed by atoms with Crippen LogP contribution in [0.4, 0.5) is 22.7 Å². The third-order valence-electron chi connectivity index (χ3n) is 11.7. The van der Waals surface area contributed by atoms with E-state index in [0.717, 1.165) is 67.2 Å². The van der Waals surface area contributed by atoms with E-state index in [1.54, 1.807) is 12.1 Å². The Labute approximate surface area is 330 Å². The van der Waals surface area contributed by atoms with Crippen LogP contribution in [0.2, 0.25) is 0 Å². The molecule has 11 rings (SSSR count). The molecule has 0 amide bonds. The van der Waals surface area contributed by atoms with Gasteiger partial charge in [-0.1, -0.05) is 152 Å². The zero-order valence-electron chi connectivity index (χ0n) is 30.8. The Bertz CT molecular complexity index is 2990. The summed E-state index contributed by atoms with van der Waals surface area (Å²) in [4.78, 5) is 13.4. The third kappa shape index (κ3) is 5.08. The highest BCUT2D eigenvalue weighted by Gasteiger charge is 2.51. The monoisotopic (exact) mass is 730 g/mol. The smallest absolute Gasteiger partial charge is 0.140 e. The number of fused-ring (bicyclic) bond motifs is 11. The van der Waals surface area contributed by atoms with Crippen molar-refractivity contribution in [1.29, 1.82) is 0 Å². The van der Waals surface area contributed by atoms with Gasteiger partial charge in [-0.3, -0.25) is 0 Å². The van der Waals surface area contributed by atoms with E-state index in [1.807, 2.05) is 18.2 Å². The Hall–Kier alpha value is -7.56. The summed E-state index contributed by atoms with van der Waals surface area (Å²) in [5.74, 6) is 1.77. The maximum absolute atomic E-state index is 11.1. The lowest BCUT2D eigenvalue weighted by Gasteiger charge is -2.40. The molecular formula is C53H34N2O2. The maximum Gasteiger partial charge on any atom is 0.140 e. The SMILES string of the molecule is O=Nc1ccc(-c2ccc(N(c3ccc(-c4ccccc4)cc3)c3ccc4c(c3)C3(c5ccccc5Oc5c3ccc3ccccc53)c3ccccc3-4)cc2)cc1. The third-order valence-corrected chi connectivity index (χ3v) is 11.7. The molecule has 0 saturated carbocycles. The standard InChI is InChI=1S/C53H34N2O2/c56-54-40-25-18-36(19-26-40)38-22-29-42(30-23-38)55(41-27-20-37(21-28-41)35-10-2-1-3-11-35)43-31-32-46-45-14-6-7-15-47(45)53(50(46)34-43)48-16-8-9-17-51(48)57-52-44-13-5-4-12-39(44)24-33-49(52)53/h1-34H. The molecule has 0 radical (unpaired) electrons. The van der Waals surface area contributed by atoms with Crippen LogP contribution in [0.1, 0.15) is 22.3 Å². The van der Waals surface area contributed by atoms with E-state index >= 15 is 0 Å². The molecule has 1 unspecified atom stereocenters. The van der Waals surface area contributed by atoms with E-state index in [4.69, 9.17) is 4.74 Å². The molecule has 0 saturated heterocycles. The van der Waals surface area contributed by atoms with E-state index in [1.165, 1.54) is 27.8 Å². The summed E-state index contributed by atoms with van der Waals surface area (Å²) in [5.41, 5.74) is 14.5. The number of para-hydroxylation sites is 1. The molecule has 1 atom stereocenters. The normalized spacial score (nSPS) is 14.6. The lowest BCUT2D eigenvalue weighted by Crippen LogP contribution is -2.32. The van der Waals surface area contributed by atoms with Gasteiger partial charge in [-0.15, -0.1) is 4.91 Å². The molecule has 1 heterocycles. The number of rotatable bonds is 6. The van der Waals surface area contributed by atoms with E-state index in [0.29, 0.717) is 5.69 Å². The first-order chi connectivity index (χ1) is 28.2. The number of anilines is 3. The van der Waals surface area contributed by atoms with Crippen molar-refractivity contribution in [2.24, 2.45) is 5.18 Å². The zero-order valence-corrected chi connectivity index (χ0v) is 30.8. The molecule has 4 nitrogen and oxygen atoms in total. The number of hydrogen-bond donors (Lipinski definition) is 0. The molecule has 9 aromatic carbocycles. The molecule has 1 spiro atoms. The lowest BCUT2D eigenvalue weighted by molar-refractivity contribution is 0.441. The second kappa shape index (κ2) is 13.0. The maximum atomic E-state index is 11.1. The van der Waals surface area contributed by atoms with Gasteiger partial charge in [-0.25, -0.2) is 0 Å². The number of benzene rings is 9. The van der Waals surface area contributed by atoms with Crippen LogP contribution >= 0.6 is 0 Å². The highest BCUT2D eigenvalue weighted by molar-refractivity contribution is 5.96. The van der Waals surface area contributed by atoms with Gasteiger partial charge in [0.25, 0.3) is 0 Å². The molecule has 1 aliphatic heterocycles. The molecule has 0 bridgehead atoms. The van der Waals surface area contributed by atoms with Gasteiger partial charge in [0, 0.05) is 33.6 Å². The predicted octanol–water partition coefficient (Wildman–Crippen LogP) is 14.5. The van der Waals surface area contributed by atoms with Gasteiger partial charge in [0.2, 0.25) is 0 Å². The minimum atomic E-state index is -0.620.